The van der Waals surface area contributed by atoms with Crippen molar-refractivity contribution in [3.05, 3.63) is 21.9 Å². The van der Waals surface area contributed by atoms with Crippen molar-refractivity contribution < 1.29 is 0 Å². The second-order valence-electron chi connectivity index (χ2n) is 6.56. The highest BCUT2D eigenvalue weighted by atomic mass is 32.1. The first-order valence-electron chi connectivity index (χ1n) is 7.71. The van der Waals surface area contributed by atoms with Crippen LogP contribution in [0.1, 0.15) is 76.1 Å². The van der Waals surface area contributed by atoms with Crippen LogP contribution in [0.4, 0.5) is 0 Å². The summed E-state index contributed by atoms with van der Waals surface area (Å²) in [6.45, 7) is 11.5. The normalized spacial score (nSPS) is 14.1. The van der Waals surface area contributed by atoms with Gasteiger partial charge in [0.2, 0.25) is 0 Å². The van der Waals surface area contributed by atoms with E-state index in [1.807, 2.05) is 11.3 Å². The number of rotatable bonds is 7. The zero-order chi connectivity index (χ0) is 14.5. The third kappa shape index (κ3) is 4.61. The Balaban J connectivity index is 2.91. The molecule has 0 amide bonds. The number of thiophene rings is 1. The van der Waals surface area contributed by atoms with Crippen LogP contribution in [0, 0.1) is 5.92 Å². The van der Waals surface area contributed by atoms with Gasteiger partial charge in [-0.05, 0) is 43.4 Å². The molecule has 0 spiro atoms. The van der Waals surface area contributed by atoms with Crippen molar-refractivity contribution >= 4 is 11.3 Å². The Morgan fingerprint density at radius 3 is 2.05 bits per heavy atom. The molecule has 0 bridgehead atoms. The molecule has 0 aromatic carbocycles. The average molecular weight is 282 g/mol. The fourth-order valence-electron chi connectivity index (χ4n) is 2.75. The van der Waals surface area contributed by atoms with Crippen molar-refractivity contribution in [3.8, 4) is 0 Å². The standard InChI is InChI=1S/C17H31NS/c1-7-9-13(10-8-2)16(18-6)14-11-12-15(19-14)17(3,4)5/h11-13,16,18H,7-10H2,1-6H3. The van der Waals surface area contributed by atoms with E-state index in [0.29, 0.717) is 6.04 Å². The molecule has 0 fully saturated rings. The van der Waals surface area contributed by atoms with Crippen molar-refractivity contribution in [2.24, 2.45) is 5.92 Å². The van der Waals surface area contributed by atoms with Gasteiger partial charge < -0.3 is 5.32 Å². The molecular weight excluding hydrogens is 250 g/mol. The van der Waals surface area contributed by atoms with Crippen LogP contribution in [0.2, 0.25) is 0 Å². The van der Waals surface area contributed by atoms with Gasteiger partial charge in [0.25, 0.3) is 0 Å². The van der Waals surface area contributed by atoms with Crippen LogP contribution < -0.4 is 5.32 Å². The highest BCUT2D eigenvalue weighted by molar-refractivity contribution is 7.12. The molecule has 1 N–H and O–H groups in total. The largest absolute Gasteiger partial charge is 0.312 e. The summed E-state index contributed by atoms with van der Waals surface area (Å²) in [4.78, 5) is 3.01. The van der Waals surface area contributed by atoms with E-state index in [1.165, 1.54) is 35.4 Å². The molecule has 0 saturated carbocycles. The van der Waals surface area contributed by atoms with Crippen molar-refractivity contribution in [1.82, 2.24) is 5.32 Å². The summed E-state index contributed by atoms with van der Waals surface area (Å²) < 4.78 is 0. The second kappa shape index (κ2) is 7.44. The van der Waals surface area contributed by atoms with Gasteiger partial charge in [-0.1, -0.05) is 47.5 Å². The van der Waals surface area contributed by atoms with E-state index in [9.17, 15) is 0 Å². The summed E-state index contributed by atoms with van der Waals surface area (Å²) in [5.41, 5.74) is 0.270. The lowest BCUT2D eigenvalue weighted by molar-refractivity contribution is 0.335. The molecule has 0 radical (unpaired) electrons. The van der Waals surface area contributed by atoms with E-state index >= 15 is 0 Å². The predicted molar refractivity (Wildman–Crippen MR) is 88.1 cm³/mol. The maximum absolute atomic E-state index is 3.56. The summed E-state index contributed by atoms with van der Waals surface area (Å²) in [7, 11) is 2.11. The fraction of sp³-hybridized carbons (Fsp3) is 0.765. The Morgan fingerprint density at radius 2 is 1.68 bits per heavy atom. The zero-order valence-electron chi connectivity index (χ0n) is 13.5. The van der Waals surface area contributed by atoms with E-state index < -0.39 is 0 Å². The van der Waals surface area contributed by atoms with Gasteiger partial charge in [-0.3, -0.25) is 0 Å². The monoisotopic (exact) mass is 281 g/mol. The highest BCUT2D eigenvalue weighted by Gasteiger charge is 2.24. The highest BCUT2D eigenvalue weighted by Crippen LogP contribution is 2.37. The first-order valence-corrected chi connectivity index (χ1v) is 8.53. The molecule has 0 aliphatic carbocycles. The van der Waals surface area contributed by atoms with Gasteiger partial charge in [-0.15, -0.1) is 11.3 Å². The van der Waals surface area contributed by atoms with E-state index in [4.69, 9.17) is 0 Å². The SMILES string of the molecule is CCCC(CCC)C(NC)c1ccc(C(C)(C)C)s1. The van der Waals surface area contributed by atoms with Gasteiger partial charge in [0.1, 0.15) is 0 Å². The Hall–Kier alpha value is -0.340. The van der Waals surface area contributed by atoms with Crippen LogP contribution in [0.5, 0.6) is 0 Å². The summed E-state index contributed by atoms with van der Waals surface area (Å²) in [5.74, 6) is 0.770. The van der Waals surface area contributed by atoms with Crippen LogP contribution in [0.15, 0.2) is 12.1 Å². The van der Waals surface area contributed by atoms with Crippen LogP contribution in [-0.2, 0) is 5.41 Å². The lowest BCUT2D eigenvalue weighted by atomic mass is 9.89. The maximum Gasteiger partial charge on any atom is 0.0441 e. The molecule has 1 atom stereocenters. The van der Waals surface area contributed by atoms with Crippen LogP contribution >= 0.6 is 11.3 Å². The van der Waals surface area contributed by atoms with E-state index in [2.05, 4.69) is 59.1 Å². The minimum atomic E-state index is 0.270. The zero-order valence-corrected chi connectivity index (χ0v) is 14.4. The molecule has 1 aromatic rings. The molecule has 1 nitrogen and oxygen atoms in total. The predicted octanol–water partition coefficient (Wildman–Crippen LogP) is 5.52. The van der Waals surface area contributed by atoms with Crippen LogP contribution in [0.3, 0.4) is 0 Å². The van der Waals surface area contributed by atoms with Gasteiger partial charge in [0.15, 0.2) is 0 Å². The number of hydrogen-bond donors (Lipinski definition) is 1. The van der Waals surface area contributed by atoms with E-state index in [-0.39, 0.29) is 5.41 Å². The first kappa shape index (κ1) is 16.7. The van der Waals surface area contributed by atoms with E-state index in [1.54, 1.807) is 0 Å². The smallest absolute Gasteiger partial charge is 0.0441 e. The molecule has 19 heavy (non-hydrogen) atoms. The Bertz CT molecular complexity index is 356. The molecule has 1 unspecified atom stereocenters. The molecule has 0 saturated heterocycles. The molecule has 1 aromatic heterocycles. The number of hydrogen-bond acceptors (Lipinski definition) is 2. The topological polar surface area (TPSA) is 12.0 Å². The van der Waals surface area contributed by atoms with Crippen LogP contribution in [-0.4, -0.2) is 7.05 Å². The van der Waals surface area contributed by atoms with Crippen LogP contribution in [0.25, 0.3) is 0 Å². The molecule has 0 aliphatic heterocycles. The van der Waals surface area contributed by atoms with E-state index in [0.717, 1.165) is 5.92 Å². The van der Waals surface area contributed by atoms with Gasteiger partial charge in [0.05, 0.1) is 0 Å². The Kier molecular flexibility index (Phi) is 6.55. The molecule has 1 heterocycles. The van der Waals surface area contributed by atoms with Gasteiger partial charge in [-0.2, -0.15) is 0 Å². The van der Waals surface area contributed by atoms with Crippen molar-refractivity contribution in [2.45, 2.75) is 71.8 Å². The van der Waals surface area contributed by atoms with Crippen molar-refractivity contribution in [1.29, 1.82) is 0 Å². The molecular formula is C17H31NS. The average Bonchev–Trinajstić information content (AvgIpc) is 2.80. The minimum absolute atomic E-state index is 0.270. The Labute approximate surface area is 123 Å². The quantitative estimate of drug-likeness (QED) is 0.693. The first-order chi connectivity index (χ1) is 8.93. The summed E-state index contributed by atoms with van der Waals surface area (Å²) in [6.07, 6.45) is 5.20. The van der Waals surface area contributed by atoms with Crippen molar-refractivity contribution in [3.63, 3.8) is 0 Å². The summed E-state index contributed by atoms with van der Waals surface area (Å²) in [5, 5.41) is 3.56. The van der Waals surface area contributed by atoms with Gasteiger partial charge >= 0.3 is 0 Å². The van der Waals surface area contributed by atoms with Gasteiger partial charge in [0, 0.05) is 15.8 Å². The third-order valence-electron chi connectivity index (χ3n) is 3.77. The maximum atomic E-state index is 3.56. The second-order valence-corrected chi connectivity index (χ2v) is 7.67. The molecule has 0 aliphatic rings. The summed E-state index contributed by atoms with van der Waals surface area (Å²) >= 11 is 1.99. The lowest BCUT2D eigenvalue weighted by Gasteiger charge is -2.26. The van der Waals surface area contributed by atoms with Gasteiger partial charge in [-0.25, -0.2) is 0 Å². The lowest BCUT2D eigenvalue weighted by Crippen LogP contribution is -2.24. The fourth-order valence-corrected chi connectivity index (χ4v) is 4.02. The molecule has 2 heteroatoms. The number of nitrogens with one attached hydrogen (secondary N) is 1. The molecule has 1 rings (SSSR count). The third-order valence-corrected chi connectivity index (χ3v) is 5.37. The molecule has 110 valence electrons. The minimum Gasteiger partial charge on any atom is -0.312 e. The van der Waals surface area contributed by atoms with Crippen molar-refractivity contribution in [2.75, 3.05) is 7.05 Å². The Morgan fingerprint density at radius 1 is 1.11 bits per heavy atom. The summed E-state index contributed by atoms with van der Waals surface area (Å²) in [6, 6.07) is 5.19.